The summed E-state index contributed by atoms with van der Waals surface area (Å²) in [6.07, 6.45) is 4.90. The van der Waals surface area contributed by atoms with Gasteiger partial charge in [0.05, 0.1) is 0 Å². The fourth-order valence-corrected chi connectivity index (χ4v) is 3.81. The molecule has 1 aromatic carbocycles. The van der Waals surface area contributed by atoms with Gasteiger partial charge in [-0.2, -0.15) is 0 Å². The number of nitrogen functional groups attached to an aromatic ring is 1. The lowest BCUT2D eigenvalue weighted by Crippen LogP contribution is -2.13. The maximum absolute atomic E-state index is 11.5. The number of hydrogen-bond donors (Lipinski definition) is 2. The molecule has 3 heterocycles. The lowest BCUT2D eigenvalue weighted by Gasteiger charge is -2.02. The molecule has 3 N–H and O–H groups in total. The largest absolute Gasteiger partial charge is 0.456 e. The minimum absolute atomic E-state index is 0.168. The van der Waals surface area contributed by atoms with Crippen molar-refractivity contribution < 1.29 is 9.21 Å². The van der Waals surface area contributed by atoms with E-state index in [0.717, 1.165) is 37.9 Å². The van der Waals surface area contributed by atoms with Crippen molar-refractivity contribution >= 4 is 50.2 Å². The molecule has 4 aromatic rings. The van der Waals surface area contributed by atoms with Crippen molar-refractivity contribution in [3.8, 4) is 11.3 Å². The summed E-state index contributed by atoms with van der Waals surface area (Å²) >= 11 is 1.56. The maximum atomic E-state index is 11.5. The lowest BCUT2D eigenvalue weighted by atomic mass is 10.1. The van der Waals surface area contributed by atoms with Gasteiger partial charge in [-0.05, 0) is 18.2 Å². The van der Waals surface area contributed by atoms with E-state index in [2.05, 4.69) is 10.3 Å². The Morgan fingerprint density at radius 1 is 1.36 bits per heavy atom. The van der Waals surface area contributed by atoms with Crippen LogP contribution in [0, 0.1) is 0 Å². The van der Waals surface area contributed by atoms with E-state index in [-0.39, 0.29) is 5.91 Å². The first-order valence-corrected chi connectivity index (χ1v) is 8.60. The Labute approximate surface area is 147 Å². The van der Waals surface area contributed by atoms with Gasteiger partial charge in [0.25, 0.3) is 0 Å². The highest BCUT2D eigenvalue weighted by Gasteiger charge is 2.16. The summed E-state index contributed by atoms with van der Waals surface area (Å²) in [7, 11) is 1.59. The summed E-state index contributed by atoms with van der Waals surface area (Å²) in [5.41, 5.74) is 8.73. The van der Waals surface area contributed by atoms with E-state index < -0.39 is 0 Å². The first-order valence-electron chi connectivity index (χ1n) is 7.72. The Kier molecular flexibility index (Phi) is 3.74. The standard InChI is InChI=1S/C19H15N3O2S/c1-21-16(23)7-6-12-9-22-19(20)17-13(10-25-18(12)17)15-8-11-4-2-3-5-14(11)24-15/h2-10H,1H3,(H2,20,22)(H,21,23). The number of para-hydroxylation sites is 1. The van der Waals surface area contributed by atoms with Crippen LogP contribution in [0.1, 0.15) is 5.56 Å². The Morgan fingerprint density at radius 2 is 2.20 bits per heavy atom. The number of furan rings is 1. The summed E-state index contributed by atoms with van der Waals surface area (Å²) in [6.45, 7) is 0. The number of pyridine rings is 1. The molecule has 5 nitrogen and oxygen atoms in total. The van der Waals surface area contributed by atoms with Crippen molar-refractivity contribution in [2.75, 3.05) is 12.8 Å². The molecule has 0 aliphatic rings. The van der Waals surface area contributed by atoms with Crippen molar-refractivity contribution in [2.24, 2.45) is 0 Å². The van der Waals surface area contributed by atoms with E-state index in [1.807, 2.05) is 35.7 Å². The molecule has 0 unspecified atom stereocenters. The molecule has 0 fully saturated rings. The van der Waals surface area contributed by atoms with E-state index in [9.17, 15) is 4.79 Å². The topological polar surface area (TPSA) is 81.2 Å². The van der Waals surface area contributed by atoms with Gasteiger partial charge in [-0.15, -0.1) is 11.3 Å². The molecule has 4 rings (SSSR count). The van der Waals surface area contributed by atoms with Gasteiger partial charge in [0, 0.05) is 51.3 Å². The third-order valence-electron chi connectivity index (χ3n) is 4.00. The van der Waals surface area contributed by atoms with Crippen LogP contribution in [0.4, 0.5) is 5.82 Å². The number of benzene rings is 1. The normalized spacial score (nSPS) is 11.6. The molecule has 25 heavy (non-hydrogen) atoms. The summed E-state index contributed by atoms with van der Waals surface area (Å²) in [5.74, 6) is 1.04. The second kappa shape index (κ2) is 6.07. The first kappa shape index (κ1) is 15.4. The van der Waals surface area contributed by atoms with Crippen molar-refractivity contribution in [3.63, 3.8) is 0 Å². The van der Waals surface area contributed by atoms with Crippen molar-refractivity contribution in [1.82, 2.24) is 10.3 Å². The third kappa shape index (κ3) is 2.66. The summed E-state index contributed by atoms with van der Waals surface area (Å²) in [4.78, 5) is 15.7. The zero-order valence-electron chi connectivity index (χ0n) is 13.4. The van der Waals surface area contributed by atoms with Crippen LogP contribution in [0.2, 0.25) is 0 Å². The Morgan fingerprint density at radius 3 is 3.00 bits per heavy atom. The smallest absolute Gasteiger partial charge is 0.243 e. The van der Waals surface area contributed by atoms with Crippen LogP contribution in [0.15, 0.2) is 52.4 Å². The number of thiophene rings is 1. The van der Waals surface area contributed by atoms with E-state index >= 15 is 0 Å². The van der Waals surface area contributed by atoms with Gasteiger partial charge in [-0.3, -0.25) is 4.79 Å². The summed E-state index contributed by atoms with van der Waals surface area (Å²) < 4.78 is 6.95. The number of likely N-dealkylation sites (N-methyl/N-ethyl adjacent to an activating group) is 1. The van der Waals surface area contributed by atoms with Crippen molar-refractivity contribution in [2.45, 2.75) is 0 Å². The predicted octanol–water partition coefficient (Wildman–Crippen LogP) is 4.05. The van der Waals surface area contributed by atoms with Gasteiger partial charge < -0.3 is 15.5 Å². The number of aromatic nitrogens is 1. The van der Waals surface area contributed by atoms with Gasteiger partial charge in [0.15, 0.2) is 0 Å². The quantitative estimate of drug-likeness (QED) is 0.547. The molecule has 0 atom stereocenters. The van der Waals surface area contributed by atoms with Gasteiger partial charge in [-0.25, -0.2) is 4.98 Å². The van der Waals surface area contributed by atoms with Gasteiger partial charge in [-0.1, -0.05) is 18.2 Å². The summed E-state index contributed by atoms with van der Waals surface area (Å²) in [5, 5.41) is 6.46. The third-order valence-corrected chi connectivity index (χ3v) is 5.03. The van der Waals surface area contributed by atoms with Gasteiger partial charge in [0.2, 0.25) is 5.91 Å². The van der Waals surface area contributed by atoms with Gasteiger partial charge in [0.1, 0.15) is 17.2 Å². The molecule has 3 aromatic heterocycles. The zero-order valence-corrected chi connectivity index (χ0v) is 14.3. The first-order chi connectivity index (χ1) is 12.2. The zero-order chi connectivity index (χ0) is 17.4. The second-order valence-electron chi connectivity index (χ2n) is 5.55. The summed E-state index contributed by atoms with van der Waals surface area (Å²) in [6, 6.07) is 9.87. The van der Waals surface area contributed by atoms with Crippen molar-refractivity contribution in [3.05, 3.63) is 53.5 Å². The number of fused-ring (bicyclic) bond motifs is 2. The molecule has 0 saturated heterocycles. The van der Waals surface area contributed by atoms with Crippen LogP contribution in [0.25, 0.3) is 38.5 Å². The number of amides is 1. The average molecular weight is 349 g/mol. The minimum Gasteiger partial charge on any atom is -0.456 e. The van der Waals surface area contributed by atoms with Crippen LogP contribution in [-0.4, -0.2) is 17.9 Å². The molecule has 0 spiro atoms. The number of carbonyl (C=O) groups excluding carboxylic acids is 1. The molecule has 0 aliphatic heterocycles. The number of nitrogens with two attached hydrogens (primary N) is 1. The maximum Gasteiger partial charge on any atom is 0.243 e. The molecule has 0 bridgehead atoms. The molecule has 0 radical (unpaired) electrons. The highest BCUT2D eigenvalue weighted by molar-refractivity contribution is 7.18. The minimum atomic E-state index is -0.168. The van der Waals surface area contributed by atoms with Crippen LogP contribution < -0.4 is 11.1 Å². The molecule has 0 aliphatic carbocycles. The molecule has 1 amide bonds. The number of rotatable bonds is 3. The fourth-order valence-electron chi connectivity index (χ4n) is 2.75. The van der Waals surface area contributed by atoms with E-state index in [1.54, 1.807) is 30.7 Å². The molecular formula is C19H15N3O2S. The Bertz CT molecular complexity index is 1090. The number of nitrogens with one attached hydrogen (secondary N) is 1. The van der Waals surface area contributed by atoms with E-state index in [4.69, 9.17) is 10.2 Å². The van der Waals surface area contributed by atoms with Crippen LogP contribution in [0.5, 0.6) is 0 Å². The Hall–Kier alpha value is -3.12. The van der Waals surface area contributed by atoms with E-state index in [1.165, 1.54) is 6.08 Å². The monoisotopic (exact) mass is 349 g/mol. The van der Waals surface area contributed by atoms with Gasteiger partial charge >= 0.3 is 0 Å². The predicted molar refractivity (Wildman–Crippen MR) is 102 cm³/mol. The lowest BCUT2D eigenvalue weighted by molar-refractivity contribution is -0.115. The highest BCUT2D eigenvalue weighted by Crippen LogP contribution is 2.40. The molecule has 0 saturated carbocycles. The molecular weight excluding hydrogens is 334 g/mol. The average Bonchev–Trinajstić information content (AvgIpc) is 3.25. The number of nitrogens with zero attached hydrogens (tertiary/aromatic N) is 1. The highest BCUT2D eigenvalue weighted by atomic mass is 32.1. The number of hydrogen-bond acceptors (Lipinski definition) is 5. The fraction of sp³-hybridized carbons (Fsp3) is 0.0526. The number of anilines is 1. The van der Waals surface area contributed by atoms with Crippen LogP contribution >= 0.6 is 11.3 Å². The second-order valence-corrected chi connectivity index (χ2v) is 6.43. The Balaban J connectivity index is 1.88. The molecule has 124 valence electrons. The number of carbonyl (C=O) groups is 1. The van der Waals surface area contributed by atoms with Crippen molar-refractivity contribution in [1.29, 1.82) is 0 Å². The van der Waals surface area contributed by atoms with Crippen LogP contribution in [0.3, 0.4) is 0 Å². The van der Waals surface area contributed by atoms with Crippen LogP contribution in [-0.2, 0) is 4.79 Å². The SMILES string of the molecule is CNC(=O)C=Cc1cnc(N)c2c(-c3cc4ccccc4o3)csc12. The molecule has 6 heteroatoms. The van der Waals surface area contributed by atoms with E-state index in [0.29, 0.717) is 5.82 Å².